The van der Waals surface area contributed by atoms with Crippen molar-refractivity contribution < 1.29 is 4.74 Å². The molecule has 1 N–H and O–H groups in total. The minimum atomic E-state index is 0.570. The Morgan fingerprint density at radius 1 is 0.783 bits per heavy atom. The maximum atomic E-state index is 5.87. The molecule has 2 nitrogen and oxygen atoms in total. The molecular weight excluding hydrogens is 350 g/mol. The third-order valence-corrected chi connectivity index (χ3v) is 4.12. The van der Waals surface area contributed by atoms with Gasteiger partial charge in [0.25, 0.3) is 0 Å². The van der Waals surface area contributed by atoms with E-state index in [-0.39, 0.29) is 0 Å². The molecule has 0 amide bonds. The summed E-state index contributed by atoms with van der Waals surface area (Å²) in [5.41, 5.74) is 3.48. The number of rotatable bonds is 6. The quantitative estimate of drug-likeness (QED) is 0.608. The van der Waals surface area contributed by atoms with Crippen molar-refractivity contribution in [1.82, 2.24) is 0 Å². The van der Waals surface area contributed by atoms with Gasteiger partial charge in [0.15, 0.2) is 0 Å². The molecular formula is C20H18BrNO. The van der Waals surface area contributed by atoms with E-state index in [0.29, 0.717) is 6.61 Å². The van der Waals surface area contributed by atoms with E-state index in [1.807, 2.05) is 42.5 Å². The van der Waals surface area contributed by atoms with E-state index in [1.165, 1.54) is 5.56 Å². The van der Waals surface area contributed by atoms with Crippen molar-refractivity contribution in [2.24, 2.45) is 0 Å². The van der Waals surface area contributed by atoms with Gasteiger partial charge in [0.1, 0.15) is 12.4 Å². The van der Waals surface area contributed by atoms with E-state index >= 15 is 0 Å². The highest BCUT2D eigenvalue weighted by Gasteiger charge is 2.03. The number of para-hydroxylation sites is 1. The van der Waals surface area contributed by atoms with Gasteiger partial charge in [0.05, 0.1) is 4.47 Å². The van der Waals surface area contributed by atoms with Crippen molar-refractivity contribution in [3.05, 3.63) is 94.5 Å². The molecule has 0 unspecified atom stereocenters. The molecule has 3 aromatic carbocycles. The Labute approximate surface area is 145 Å². The number of benzene rings is 3. The van der Waals surface area contributed by atoms with Gasteiger partial charge in [0, 0.05) is 12.2 Å². The lowest BCUT2D eigenvalue weighted by atomic mass is 10.2. The summed E-state index contributed by atoms with van der Waals surface area (Å²) in [5.74, 6) is 0.859. The van der Waals surface area contributed by atoms with Crippen molar-refractivity contribution in [2.45, 2.75) is 13.2 Å². The average molecular weight is 368 g/mol. The first kappa shape index (κ1) is 15.6. The van der Waals surface area contributed by atoms with Crippen LogP contribution in [0.15, 0.2) is 83.3 Å². The van der Waals surface area contributed by atoms with E-state index in [1.54, 1.807) is 0 Å². The smallest absolute Gasteiger partial charge is 0.134 e. The first-order chi connectivity index (χ1) is 11.3. The van der Waals surface area contributed by atoms with Crippen LogP contribution in [0.4, 0.5) is 5.69 Å². The second-order valence-electron chi connectivity index (χ2n) is 5.26. The molecule has 0 atom stereocenters. The average Bonchev–Trinajstić information content (AvgIpc) is 2.61. The van der Waals surface area contributed by atoms with Crippen LogP contribution in [0, 0.1) is 0 Å². The molecule has 0 radical (unpaired) electrons. The first-order valence-corrected chi connectivity index (χ1v) is 8.34. The van der Waals surface area contributed by atoms with Gasteiger partial charge >= 0.3 is 0 Å². The summed E-state index contributed by atoms with van der Waals surface area (Å²) in [7, 11) is 0. The van der Waals surface area contributed by atoms with E-state index in [4.69, 9.17) is 4.74 Å². The fourth-order valence-electron chi connectivity index (χ4n) is 2.27. The van der Waals surface area contributed by atoms with Gasteiger partial charge < -0.3 is 10.1 Å². The molecule has 0 spiro atoms. The van der Waals surface area contributed by atoms with Crippen molar-refractivity contribution in [3.63, 3.8) is 0 Å². The second kappa shape index (κ2) is 7.84. The maximum absolute atomic E-state index is 5.87. The van der Waals surface area contributed by atoms with Crippen LogP contribution in [0.25, 0.3) is 0 Å². The summed E-state index contributed by atoms with van der Waals surface area (Å²) in [4.78, 5) is 0. The zero-order chi connectivity index (χ0) is 15.9. The number of anilines is 1. The van der Waals surface area contributed by atoms with Gasteiger partial charge in [-0.25, -0.2) is 0 Å². The topological polar surface area (TPSA) is 21.3 Å². The summed E-state index contributed by atoms with van der Waals surface area (Å²) < 4.78 is 6.85. The molecule has 0 fully saturated rings. The second-order valence-corrected chi connectivity index (χ2v) is 6.11. The summed E-state index contributed by atoms with van der Waals surface area (Å²) >= 11 is 3.59. The number of ether oxygens (including phenoxy) is 1. The Morgan fingerprint density at radius 2 is 1.48 bits per heavy atom. The number of hydrogen-bond acceptors (Lipinski definition) is 2. The van der Waals surface area contributed by atoms with Crippen LogP contribution < -0.4 is 10.1 Å². The predicted octanol–water partition coefficient (Wildman–Crippen LogP) is 5.64. The Balaban J connectivity index is 1.59. The summed E-state index contributed by atoms with van der Waals surface area (Å²) in [6.07, 6.45) is 0. The van der Waals surface area contributed by atoms with E-state index in [0.717, 1.165) is 28.0 Å². The molecule has 3 rings (SSSR count). The van der Waals surface area contributed by atoms with E-state index in [2.05, 4.69) is 57.6 Å². The molecule has 0 aliphatic heterocycles. The maximum Gasteiger partial charge on any atom is 0.134 e. The molecule has 0 aliphatic rings. The standard InChI is InChI=1S/C20H18BrNO/c21-19-13-17(14-22-18-9-5-2-6-10-18)11-12-20(19)23-15-16-7-3-1-4-8-16/h1-13,22H,14-15H2. The van der Waals surface area contributed by atoms with Crippen LogP contribution in [0.5, 0.6) is 5.75 Å². The molecule has 116 valence electrons. The van der Waals surface area contributed by atoms with Crippen LogP contribution in [-0.4, -0.2) is 0 Å². The summed E-state index contributed by atoms with van der Waals surface area (Å²) in [6.45, 7) is 1.35. The van der Waals surface area contributed by atoms with Crippen LogP contribution in [0.2, 0.25) is 0 Å². The number of nitrogens with one attached hydrogen (secondary N) is 1. The van der Waals surface area contributed by atoms with Crippen molar-refractivity contribution in [1.29, 1.82) is 0 Å². The molecule has 0 saturated carbocycles. The van der Waals surface area contributed by atoms with Crippen LogP contribution in [0.1, 0.15) is 11.1 Å². The summed E-state index contributed by atoms with van der Waals surface area (Å²) in [5, 5.41) is 3.40. The highest BCUT2D eigenvalue weighted by molar-refractivity contribution is 9.10. The first-order valence-electron chi connectivity index (χ1n) is 7.55. The summed E-state index contributed by atoms with van der Waals surface area (Å²) in [6, 6.07) is 26.5. The Morgan fingerprint density at radius 3 is 2.17 bits per heavy atom. The van der Waals surface area contributed by atoms with E-state index < -0.39 is 0 Å². The minimum Gasteiger partial charge on any atom is -0.488 e. The van der Waals surface area contributed by atoms with Crippen LogP contribution in [0.3, 0.4) is 0 Å². The molecule has 0 aliphatic carbocycles. The zero-order valence-corrected chi connectivity index (χ0v) is 14.3. The fraction of sp³-hybridized carbons (Fsp3) is 0.100. The van der Waals surface area contributed by atoms with Crippen molar-refractivity contribution in [2.75, 3.05) is 5.32 Å². The lowest BCUT2D eigenvalue weighted by molar-refractivity contribution is 0.304. The predicted molar refractivity (Wildman–Crippen MR) is 98.7 cm³/mol. The van der Waals surface area contributed by atoms with Crippen molar-refractivity contribution >= 4 is 21.6 Å². The number of halogens is 1. The van der Waals surface area contributed by atoms with Crippen LogP contribution in [-0.2, 0) is 13.2 Å². The van der Waals surface area contributed by atoms with Gasteiger partial charge in [-0.3, -0.25) is 0 Å². The lowest BCUT2D eigenvalue weighted by Crippen LogP contribution is -2.00. The Kier molecular flexibility index (Phi) is 5.33. The monoisotopic (exact) mass is 367 g/mol. The molecule has 0 heterocycles. The molecule has 3 heteroatoms. The van der Waals surface area contributed by atoms with Crippen LogP contribution >= 0.6 is 15.9 Å². The molecule has 3 aromatic rings. The molecule has 0 bridgehead atoms. The SMILES string of the molecule is Brc1cc(CNc2ccccc2)ccc1OCc1ccccc1. The van der Waals surface area contributed by atoms with Gasteiger partial charge in [-0.1, -0.05) is 54.6 Å². The molecule has 23 heavy (non-hydrogen) atoms. The Bertz CT molecular complexity index is 744. The highest BCUT2D eigenvalue weighted by atomic mass is 79.9. The highest BCUT2D eigenvalue weighted by Crippen LogP contribution is 2.27. The third-order valence-electron chi connectivity index (χ3n) is 3.50. The Hall–Kier alpha value is -2.26. The normalized spacial score (nSPS) is 10.3. The lowest BCUT2D eigenvalue weighted by Gasteiger charge is -2.11. The van der Waals surface area contributed by atoms with Crippen molar-refractivity contribution in [3.8, 4) is 5.75 Å². The largest absolute Gasteiger partial charge is 0.488 e. The molecule has 0 aromatic heterocycles. The number of hydrogen-bond donors (Lipinski definition) is 1. The van der Waals surface area contributed by atoms with Gasteiger partial charge in [0.2, 0.25) is 0 Å². The van der Waals surface area contributed by atoms with Gasteiger partial charge in [-0.05, 0) is 51.3 Å². The van der Waals surface area contributed by atoms with E-state index in [9.17, 15) is 0 Å². The fourth-order valence-corrected chi connectivity index (χ4v) is 2.81. The minimum absolute atomic E-state index is 0.570. The van der Waals surface area contributed by atoms with Gasteiger partial charge in [-0.15, -0.1) is 0 Å². The van der Waals surface area contributed by atoms with Gasteiger partial charge in [-0.2, -0.15) is 0 Å². The zero-order valence-electron chi connectivity index (χ0n) is 12.7. The molecule has 0 saturated heterocycles. The third kappa shape index (κ3) is 4.60.